The first-order valence-corrected chi connectivity index (χ1v) is 4.41. The van der Waals surface area contributed by atoms with Gasteiger partial charge in [-0.3, -0.25) is 0 Å². The summed E-state index contributed by atoms with van der Waals surface area (Å²) in [6.07, 6.45) is -2.69. The quantitative estimate of drug-likeness (QED) is 0.769. The number of aromatic nitrogens is 1. The summed E-state index contributed by atoms with van der Waals surface area (Å²) < 4.78 is 29.8. The fraction of sp³-hybridized carbons (Fsp3) is 0.286. The van der Waals surface area contributed by atoms with E-state index in [-0.39, 0.29) is 10.9 Å². The zero-order chi connectivity index (χ0) is 10.0. The van der Waals surface area contributed by atoms with E-state index in [0.717, 1.165) is 0 Å². The molecule has 0 fully saturated rings. The molecule has 1 heterocycles. The lowest BCUT2D eigenvalue weighted by Crippen LogP contribution is -1.97. The van der Waals surface area contributed by atoms with Crippen molar-refractivity contribution in [3.8, 4) is 5.75 Å². The Morgan fingerprint density at radius 2 is 2.23 bits per heavy atom. The van der Waals surface area contributed by atoms with Crippen LogP contribution in [0.15, 0.2) is 10.5 Å². The molecule has 0 radical (unpaired) electrons. The Kier molecular flexibility index (Phi) is 3.44. The molecular formula is C7H5BrClF2NO. The highest BCUT2D eigenvalue weighted by atomic mass is 79.9. The summed E-state index contributed by atoms with van der Waals surface area (Å²) in [5, 5.41) is -0.00361. The van der Waals surface area contributed by atoms with E-state index in [1.807, 2.05) is 0 Å². The van der Waals surface area contributed by atoms with Crippen molar-refractivity contribution in [3.05, 3.63) is 21.4 Å². The minimum absolute atomic E-state index is 0.00361. The van der Waals surface area contributed by atoms with Crippen LogP contribution in [0.25, 0.3) is 0 Å². The fourth-order valence-electron chi connectivity index (χ4n) is 0.783. The Morgan fingerprint density at radius 3 is 2.69 bits per heavy atom. The van der Waals surface area contributed by atoms with E-state index in [4.69, 9.17) is 16.3 Å². The van der Waals surface area contributed by atoms with Gasteiger partial charge in [0.15, 0.2) is 0 Å². The highest BCUT2D eigenvalue weighted by Gasteiger charge is 2.17. The molecule has 2 nitrogen and oxygen atoms in total. The van der Waals surface area contributed by atoms with Crippen molar-refractivity contribution in [1.82, 2.24) is 4.98 Å². The zero-order valence-electron chi connectivity index (χ0n) is 6.52. The number of alkyl halides is 2. The van der Waals surface area contributed by atoms with Gasteiger partial charge in [0.1, 0.15) is 16.6 Å². The van der Waals surface area contributed by atoms with Crippen LogP contribution in [0.3, 0.4) is 0 Å². The molecule has 1 rings (SSSR count). The van der Waals surface area contributed by atoms with Crippen molar-refractivity contribution >= 4 is 27.5 Å². The molecule has 0 saturated carbocycles. The van der Waals surface area contributed by atoms with Gasteiger partial charge in [0.05, 0.1) is 11.6 Å². The average molecular weight is 272 g/mol. The summed E-state index contributed by atoms with van der Waals surface area (Å²) in [6.45, 7) is 0. The van der Waals surface area contributed by atoms with Crippen LogP contribution in [-0.2, 0) is 0 Å². The topological polar surface area (TPSA) is 22.1 Å². The number of pyridine rings is 1. The van der Waals surface area contributed by atoms with Gasteiger partial charge in [-0.1, -0.05) is 11.6 Å². The van der Waals surface area contributed by atoms with Crippen molar-refractivity contribution in [2.24, 2.45) is 0 Å². The molecule has 0 saturated heterocycles. The summed E-state index contributed by atoms with van der Waals surface area (Å²) in [7, 11) is 1.29. The van der Waals surface area contributed by atoms with Gasteiger partial charge < -0.3 is 4.74 Å². The molecule has 0 unspecified atom stereocenters. The normalized spacial score (nSPS) is 10.6. The maximum absolute atomic E-state index is 12.3. The van der Waals surface area contributed by atoms with Crippen LogP contribution in [0.1, 0.15) is 12.1 Å². The number of nitrogens with zero attached hydrogens (tertiary/aromatic N) is 1. The lowest BCUT2D eigenvalue weighted by molar-refractivity contribution is 0.141. The lowest BCUT2D eigenvalue weighted by atomic mass is 10.3. The van der Waals surface area contributed by atoms with Crippen LogP contribution < -0.4 is 4.74 Å². The highest BCUT2D eigenvalue weighted by Crippen LogP contribution is 2.32. The predicted molar refractivity (Wildman–Crippen MR) is 48.5 cm³/mol. The van der Waals surface area contributed by atoms with Crippen LogP contribution >= 0.6 is 27.5 Å². The van der Waals surface area contributed by atoms with Crippen molar-refractivity contribution < 1.29 is 13.5 Å². The molecule has 0 bridgehead atoms. The van der Waals surface area contributed by atoms with Crippen LogP contribution in [0.5, 0.6) is 5.75 Å². The summed E-state index contributed by atoms with van der Waals surface area (Å²) in [4.78, 5) is 3.49. The van der Waals surface area contributed by atoms with Gasteiger partial charge in [0.2, 0.25) is 0 Å². The van der Waals surface area contributed by atoms with Gasteiger partial charge in [0.25, 0.3) is 6.43 Å². The molecule has 13 heavy (non-hydrogen) atoms. The third-order valence-electron chi connectivity index (χ3n) is 1.35. The minimum atomic E-state index is -2.69. The number of rotatable bonds is 2. The molecule has 1 aromatic rings. The van der Waals surface area contributed by atoms with E-state index < -0.39 is 12.1 Å². The summed E-state index contributed by atoms with van der Waals surface area (Å²) in [5.41, 5.74) is -0.448. The van der Waals surface area contributed by atoms with Crippen LogP contribution in [0, 0.1) is 0 Å². The van der Waals surface area contributed by atoms with Crippen LogP contribution in [0.2, 0.25) is 5.15 Å². The van der Waals surface area contributed by atoms with E-state index in [2.05, 4.69) is 20.9 Å². The molecule has 1 aromatic heterocycles. The number of ether oxygens (including phenoxy) is 1. The summed E-state index contributed by atoms with van der Waals surface area (Å²) >= 11 is 8.59. The Hall–Kier alpha value is -0.420. The maximum Gasteiger partial charge on any atom is 0.284 e. The van der Waals surface area contributed by atoms with Crippen molar-refractivity contribution in [1.29, 1.82) is 0 Å². The second-order valence-electron chi connectivity index (χ2n) is 2.15. The first kappa shape index (κ1) is 10.7. The zero-order valence-corrected chi connectivity index (χ0v) is 8.86. The number of hydrogen-bond donors (Lipinski definition) is 0. The molecule has 6 heteroatoms. The molecule has 0 spiro atoms. The van der Waals surface area contributed by atoms with E-state index >= 15 is 0 Å². The van der Waals surface area contributed by atoms with Crippen LogP contribution in [0.4, 0.5) is 8.78 Å². The fourth-order valence-corrected chi connectivity index (χ4v) is 1.22. The third-order valence-corrected chi connectivity index (χ3v) is 2.47. The van der Waals surface area contributed by atoms with Gasteiger partial charge >= 0.3 is 0 Å². The summed E-state index contributed by atoms with van der Waals surface area (Å²) in [5.74, 6) is 0.0197. The number of halogens is 4. The van der Waals surface area contributed by atoms with Gasteiger partial charge in [0, 0.05) is 0 Å². The smallest absolute Gasteiger partial charge is 0.284 e. The SMILES string of the molecule is COc1cc(Br)c(Cl)nc1C(F)F. The molecule has 0 aliphatic carbocycles. The average Bonchev–Trinajstić information content (AvgIpc) is 2.08. The third kappa shape index (κ3) is 2.28. The van der Waals surface area contributed by atoms with E-state index in [1.165, 1.54) is 13.2 Å². The van der Waals surface area contributed by atoms with E-state index in [9.17, 15) is 8.78 Å². The highest BCUT2D eigenvalue weighted by molar-refractivity contribution is 9.10. The number of methoxy groups -OCH3 is 1. The van der Waals surface area contributed by atoms with Gasteiger partial charge in [-0.05, 0) is 22.0 Å². The lowest BCUT2D eigenvalue weighted by Gasteiger charge is -2.07. The monoisotopic (exact) mass is 271 g/mol. The molecule has 0 aliphatic heterocycles. The standard InChI is InChI=1S/C7H5BrClF2NO/c1-13-4-2-3(8)6(9)12-5(4)7(10)11/h2,7H,1H3. The van der Waals surface area contributed by atoms with Gasteiger partial charge in [-0.2, -0.15) is 0 Å². The number of hydrogen-bond acceptors (Lipinski definition) is 2. The molecule has 0 aliphatic rings. The first-order valence-electron chi connectivity index (χ1n) is 3.24. The van der Waals surface area contributed by atoms with Gasteiger partial charge in [-0.25, -0.2) is 13.8 Å². The molecule has 0 N–H and O–H groups in total. The van der Waals surface area contributed by atoms with Crippen molar-refractivity contribution in [3.63, 3.8) is 0 Å². The van der Waals surface area contributed by atoms with E-state index in [0.29, 0.717) is 4.47 Å². The Labute approximate surface area is 87.0 Å². The molecular weight excluding hydrogens is 267 g/mol. The second-order valence-corrected chi connectivity index (χ2v) is 3.36. The van der Waals surface area contributed by atoms with E-state index in [1.54, 1.807) is 0 Å². The molecule has 0 aromatic carbocycles. The Bertz CT molecular complexity index is 322. The van der Waals surface area contributed by atoms with Gasteiger partial charge in [-0.15, -0.1) is 0 Å². The van der Waals surface area contributed by atoms with Crippen molar-refractivity contribution in [2.45, 2.75) is 6.43 Å². The molecule has 0 amide bonds. The van der Waals surface area contributed by atoms with Crippen LogP contribution in [-0.4, -0.2) is 12.1 Å². The molecule has 0 atom stereocenters. The molecule has 72 valence electrons. The maximum atomic E-state index is 12.3. The van der Waals surface area contributed by atoms with Crippen molar-refractivity contribution in [2.75, 3.05) is 7.11 Å². The second kappa shape index (κ2) is 4.19. The summed E-state index contributed by atoms with van der Waals surface area (Å²) in [6, 6.07) is 1.36. The largest absolute Gasteiger partial charge is 0.495 e. The predicted octanol–water partition coefficient (Wildman–Crippen LogP) is 3.44. The minimum Gasteiger partial charge on any atom is -0.495 e. The first-order chi connectivity index (χ1) is 6.06. The Morgan fingerprint density at radius 1 is 1.62 bits per heavy atom. The Balaban J connectivity index is 3.25.